The van der Waals surface area contributed by atoms with Crippen LogP contribution in [0.1, 0.15) is 47.5 Å². The molecule has 6 heteroatoms. The van der Waals surface area contributed by atoms with Crippen molar-refractivity contribution in [1.82, 2.24) is 15.1 Å². The van der Waals surface area contributed by atoms with Crippen molar-refractivity contribution < 1.29 is 9.53 Å². The highest BCUT2D eigenvalue weighted by Gasteiger charge is 2.27. The number of nitrogens with one attached hydrogen (secondary N) is 1. The van der Waals surface area contributed by atoms with E-state index in [2.05, 4.69) is 42.8 Å². The number of carbonyl (C=O) groups excluding carboxylic acids is 1. The first-order valence-corrected chi connectivity index (χ1v) is 9.47. The van der Waals surface area contributed by atoms with Crippen LogP contribution in [0.2, 0.25) is 0 Å². The van der Waals surface area contributed by atoms with Gasteiger partial charge in [-0.1, -0.05) is 6.92 Å². The van der Waals surface area contributed by atoms with Crippen LogP contribution in [-0.4, -0.2) is 73.6 Å². The number of esters is 1. The van der Waals surface area contributed by atoms with Crippen LogP contribution in [-0.2, 0) is 9.53 Å². The van der Waals surface area contributed by atoms with Gasteiger partial charge in [-0.25, -0.2) is 0 Å². The zero-order chi connectivity index (χ0) is 17.9. The maximum Gasteiger partial charge on any atom is 0.309 e. The number of hydrogen-bond donors (Lipinski definition) is 1. The maximum atomic E-state index is 11.9. The summed E-state index contributed by atoms with van der Waals surface area (Å²) in [7, 11) is 0. The van der Waals surface area contributed by atoms with Gasteiger partial charge in [0.2, 0.25) is 0 Å². The second-order valence-corrected chi connectivity index (χ2v) is 6.47. The summed E-state index contributed by atoms with van der Waals surface area (Å²) in [6, 6.07) is 0.549. The lowest BCUT2D eigenvalue weighted by molar-refractivity contribution is -0.149. The van der Waals surface area contributed by atoms with Crippen LogP contribution in [0, 0.1) is 5.92 Å². The van der Waals surface area contributed by atoms with Crippen LogP contribution in [0.4, 0.5) is 0 Å². The second kappa shape index (κ2) is 11.3. The van der Waals surface area contributed by atoms with Crippen molar-refractivity contribution in [1.29, 1.82) is 0 Å². The number of likely N-dealkylation sites (N-methyl/N-ethyl adjacent to an activating group) is 1. The minimum absolute atomic E-state index is 0.0422. The van der Waals surface area contributed by atoms with E-state index in [0.717, 1.165) is 58.1 Å². The predicted octanol–water partition coefficient (Wildman–Crippen LogP) is 1.96. The third-order valence-corrected chi connectivity index (χ3v) is 4.53. The van der Waals surface area contributed by atoms with E-state index in [0.29, 0.717) is 12.6 Å². The van der Waals surface area contributed by atoms with Gasteiger partial charge in [-0.15, -0.1) is 0 Å². The third-order valence-electron chi connectivity index (χ3n) is 4.53. The molecule has 0 aromatic carbocycles. The molecule has 0 atom stereocenters. The molecule has 24 heavy (non-hydrogen) atoms. The first-order chi connectivity index (χ1) is 11.5. The standard InChI is InChI=1S/C18H36N4O2/c1-6-19-18(20-11-14-21(7-2)15(4)5)22-12-9-16(10-13-22)17(23)24-8-3/h15-16H,6-14H2,1-5H3,(H,19,20). The molecule has 0 saturated carbocycles. The lowest BCUT2D eigenvalue weighted by Gasteiger charge is -2.33. The Hall–Kier alpha value is -1.30. The molecular formula is C18H36N4O2. The van der Waals surface area contributed by atoms with Crippen molar-refractivity contribution in [2.75, 3.05) is 45.9 Å². The Morgan fingerprint density at radius 1 is 1.29 bits per heavy atom. The fourth-order valence-corrected chi connectivity index (χ4v) is 3.08. The lowest BCUT2D eigenvalue weighted by atomic mass is 9.97. The molecule has 1 saturated heterocycles. The van der Waals surface area contributed by atoms with Gasteiger partial charge in [0, 0.05) is 32.2 Å². The van der Waals surface area contributed by atoms with E-state index < -0.39 is 0 Å². The van der Waals surface area contributed by atoms with Gasteiger partial charge < -0.3 is 15.0 Å². The topological polar surface area (TPSA) is 57.2 Å². The van der Waals surface area contributed by atoms with Gasteiger partial charge in [-0.05, 0) is 47.1 Å². The van der Waals surface area contributed by atoms with Gasteiger partial charge in [0.1, 0.15) is 0 Å². The number of likely N-dealkylation sites (tertiary alicyclic amines) is 1. The van der Waals surface area contributed by atoms with Gasteiger partial charge in [0.05, 0.1) is 19.1 Å². The average Bonchev–Trinajstić information content (AvgIpc) is 2.57. The Balaban J connectivity index is 2.53. The van der Waals surface area contributed by atoms with Crippen LogP contribution in [0.25, 0.3) is 0 Å². The smallest absolute Gasteiger partial charge is 0.309 e. The van der Waals surface area contributed by atoms with Crippen LogP contribution >= 0.6 is 0 Å². The van der Waals surface area contributed by atoms with Gasteiger partial charge >= 0.3 is 5.97 Å². The fourth-order valence-electron chi connectivity index (χ4n) is 3.08. The third kappa shape index (κ3) is 6.67. The van der Waals surface area contributed by atoms with Crippen molar-refractivity contribution >= 4 is 11.9 Å². The molecule has 1 aliphatic heterocycles. The van der Waals surface area contributed by atoms with Crippen LogP contribution in [0.5, 0.6) is 0 Å². The molecule has 1 rings (SSSR count). The van der Waals surface area contributed by atoms with Crippen molar-refractivity contribution in [3.8, 4) is 0 Å². The number of carbonyl (C=O) groups is 1. The van der Waals surface area contributed by atoms with Crippen molar-refractivity contribution in [2.24, 2.45) is 10.9 Å². The van der Waals surface area contributed by atoms with Gasteiger partial charge in [0.15, 0.2) is 5.96 Å². The maximum absolute atomic E-state index is 11.9. The van der Waals surface area contributed by atoms with Crippen molar-refractivity contribution in [3.05, 3.63) is 0 Å². The quantitative estimate of drug-likeness (QED) is 0.416. The number of hydrogen-bond acceptors (Lipinski definition) is 4. The SMILES string of the molecule is CCNC(=NCCN(CC)C(C)C)N1CCC(C(=O)OCC)CC1. The van der Waals surface area contributed by atoms with Crippen LogP contribution in [0.15, 0.2) is 4.99 Å². The fraction of sp³-hybridized carbons (Fsp3) is 0.889. The lowest BCUT2D eigenvalue weighted by Crippen LogP contribution is -2.47. The first-order valence-electron chi connectivity index (χ1n) is 9.47. The van der Waals surface area contributed by atoms with Crippen molar-refractivity contribution in [3.63, 3.8) is 0 Å². The number of piperidine rings is 1. The number of nitrogens with zero attached hydrogens (tertiary/aromatic N) is 3. The van der Waals surface area contributed by atoms with E-state index in [1.165, 1.54) is 0 Å². The molecular weight excluding hydrogens is 304 g/mol. The summed E-state index contributed by atoms with van der Waals surface area (Å²) in [6.07, 6.45) is 1.69. The second-order valence-electron chi connectivity index (χ2n) is 6.47. The number of ether oxygens (including phenoxy) is 1. The van der Waals surface area contributed by atoms with Crippen LogP contribution in [0.3, 0.4) is 0 Å². The van der Waals surface area contributed by atoms with E-state index in [4.69, 9.17) is 9.73 Å². The molecule has 1 fully saturated rings. The molecule has 1 aliphatic rings. The van der Waals surface area contributed by atoms with Crippen molar-refractivity contribution in [2.45, 2.75) is 53.5 Å². The highest BCUT2D eigenvalue weighted by molar-refractivity contribution is 5.80. The van der Waals surface area contributed by atoms with E-state index >= 15 is 0 Å². The molecule has 140 valence electrons. The predicted molar refractivity (Wildman–Crippen MR) is 99.3 cm³/mol. The highest BCUT2D eigenvalue weighted by Crippen LogP contribution is 2.18. The summed E-state index contributed by atoms with van der Waals surface area (Å²) < 4.78 is 5.14. The summed E-state index contributed by atoms with van der Waals surface area (Å²) in [6.45, 7) is 16.4. The zero-order valence-corrected chi connectivity index (χ0v) is 16.2. The number of aliphatic imine (C=N–C) groups is 1. The largest absolute Gasteiger partial charge is 0.466 e. The Kier molecular flexibility index (Phi) is 9.76. The van der Waals surface area contributed by atoms with Crippen LogP contribution < -0.4 is 5.32 Å². The normalized spacial score (nSPS) is 16.8. The molecule has 6 nitrogen and oxygen atoms in total. The monoisotopic (exact) mass is 340 g/mol. The van der Waals surface area contributed by atoms with E-state index in [1.807, 2.05) is 6.92 Å². The van der Waals surface area contributed by atoms with Gasteiger partial charge in [0.25, 0.3) is 0 Å². The minimum Gasteiger partial charge on any atom is -0.466 e. The van der Waals surface area contributed by atoms with Gasteiger partial charge in [-0.2, -0.15) is 0 Å². The molecule has 0 aliphatic carbocycles. The Labute approximate surface area is 147 Å². The number of guanidine groups is 1. The van der Waals surface area contributed by atoms with E-state index in [-0.39, 0.29) is 11.9 Å². The molecule has 0 amide bonds. The average molecular weight is 341 g/mol. The minimum atomic E-state index is -0.0467. The molecule has 1 N–H and O–H groups in total. The molecule has 0 bridgehead atoms. The van der Waals surface area contributed by atoms with Gasteiger partial charge in [-0.3, -0.25) is 14.7 Å². The zero-order valence-electron chi connectivity index (χ0n) is 16.2. The molecule has 0 radical (unpaired) electrons. The Morgan fingerprint density at radius 3 is 2.46 bits per heavy atom. The Bertz CT molecular complexity index is 390. The summed E-state index contributed by atoms with van der Waals surface area (Å²) in [5, 5.41) is 3.38. The molecule has 1 heterocycles. The summed E-state index contributed by atoms with van der Waals surface area (Å²) >= 11 is 0. The summed E-state index contributed by atoms with van der Waals surface area (Å²) in [5.41, 5.74) is 0. The van der Waals surface area contributed by atoms with E-state index in [9.17, 15) is 4.79 Å². The molecule has 0 unspecified atom stereocenters. The molecule has 0 spiro atoms. The molecule has 0 aromatic heterocycles. The highest BCUT2D eigenvalue weighted by atomic mass is 16.5. The summed E-state index contributed by atoms with van der Waals surface area (Å²) in [5.74, 6) is 0.967. The first kappa shape index (κ1) is 20.7. The Morgan fingerprint density at radius 2 is 1.96 bits per heavy atom. The van der Waals surface area contributed by atoms with E-state index in [1.54, 1.807) is 0 Å². The number of rotatable bonds is 8. The molecule has 0 aromatic rings. The summed E-state index contributed by atoms with van der Waals surface area (Å²) in [4.78, 5) is 21.3.